The molecule has 5 heteroatoms. The van der Waals surface area contributed by atoms with Crippen molar-refractivity contribution < 1.29 is 19.0 Å². The van der Waals surface area contributed by atoms with Gasteiger partial charge in [0.1, 0.15) is 19.0 Å². The van der Waals surface area contributed by atoms with Crippen LogP contribution >= 0.6 is 11.6 Å². The lowest BCUT2D eigenvalue weighted by atomic mass is 9.87. The smallest absolute Gasteiger partial charge is 0.306 e. The van der Waals surface area contributed by atoms with Crippen LogP contribution < -0.4 is 0 Å². The molecule has 0 saturated heterocycles. The number of ether oxygens (including phenoxy) is 3. The standard InChI is InChI=1S/C19H27ClO4/c1-14(24-18(21)12-15-8-4-3-5-9-15)19(23-13-22-2)16-10-6-7-11-17(16)20/h6-7,10-11,14-15,19H,3-5,8-9,12-13H2,1-2H3/t14-,19+/m0/s1. The summed E-state index contributed by atoms with van der Waals surface area (Å²) in [5.74, 6) is 0.296. The van der Waals surface area contributed by atoms with Gasteiger partial charge in [0.2, 0.25) is 0 Å². The number of halogens is 1. The van der Waals surface area contributed by atoms with Gasteiger partial charge in [0, 0.05) is 24.1 Å². The molecule has 0 aliphatic heterocycles. The van der Waals surface area contributed by atoms with Crippen LogP contribution in [-0.2, 0) is 19.0 Å². The summed E-state index contributed by atoms with van der Waals surface area (Å²) in [5, 5.41) is 0.591. The van der Waals surface area contributed by atoms with Crippen LogP contribution in [0.4, 0.5) is 0 Å². The van der Waals surface area contributed by atoms with E-state index < -0.39 is 12.2 Å². The van der Waals surface area contributed by atoms with Gasteiger partial charge in [0.05, 0.1) is 0 Å². The van der Waals surface area contributed by atoms with Crippen LogP contribution in [0.3, 0.4) is 0 Å². The van der Waals surface area contributed by atoms with E-state index in [-0.39, 0.29) is 12.8 Å². The minimum atomic E-state index is -0.450. The maximum Gasteiger partial charge on any atom is 0.306 e. The van der Waals surface area contributed by atoms with Gasteiger partial charge < -0.3 is 14.2 Å². The van der Waals surface area contributed by atoms with Crippen LogP contribution in [0.1, 0.15) is 57.1 Å². The highest BCUT2D eigenvalue weighted by Gasteiger charge is 2.27. The summed E-state index contributed by atoms with van der Waals surface area (Å²) >= 11 is 6.27. The number of carbonyl (C=O) groups is 1. The molecule has 0 aromatic heterocycles. The highest BCUT2D eigenvalue weighted by molar-refractivity contribution is 6.31. The summed E-state index contributed by atoms with van der Waals surface area (Å²) in [5.41, 5.74) is 0.800. The second-order valence-corrected chi connectivity index (χ2v) is 6.83. The average molecular weight is 355 g/mol. The molecule has 4 nitrogen and oxygen atoms in total. The number of esters is 1. The van der Waals surface area contributed by atoms with Crippen molar-refractivity contribution in [2.24, 2.45) is 5.92 Å². The predicted octanol–water partition coefficient (Wildman–Crippen LogP) is 4.90. The van der Waals surface area contributed by atoms with Crippen molar-refractivity contribution in [2.45, 2.75) is 57.7 Å². The second-order valence-electron chi connectivity index (χ2n) is 6.42. The minimum absolute atomic E-state index is 0.112. The summed E-state index contributed by atoms with van der Waals surface area (Å²) in [6, 6.07) is 7.44. The maximum absolute atomic E-state index is 12.3. The number of rotatable bonds is 8. The molecule has 0 unspecified atom stereocenters. The number of hydrogen-bond acceptors (Lipinski definition) is 4. The summed E-state index contributed by atoms with van der Waals surface area (Å²) in [6.45, 7) is 1.95. The van der Waals surface area contributed by atoms with Gasteiger partial charge in [0.25, 0.3) is 0 Å². The summed E-state index contributed by atoms with van der Waals surface area (Å²) in [6.07, 6.45) is 5.56. The second kappa shape index (κ2) is 10.0. The fraction of sp³-hybridized carbons (Fsp3) is 0.632. The first kappa shape index (κ1) is 19.2. The van der Waals surface area contributed by atoms with Crippen molar-refractivity contribution in [3.63, 3.8) is 0 Å². The Morgan fingerprint density at radius 2 is 1.96 bits per heavy atom. The van der Waals surface area contributed by atoms with Crippen LogP contribution in [0.15, 0.2) is 24.3 Å². The van der Waals surface area contributed by atoms with Crippen molar-refractivity contribution in [1.29, 1.82) is 0 Å². The molecule has 2 atom stereocenters. The van der Waals surface area contributed by atoms with Gasteiger partial charge in [-0.15, -0.1) is 0 Å². The summed E-state index contributed by atoms with van der Waals surface area (Å²) in [7, 11) is 1.56. The van der Waals surface area contributed by atoms with Gasteiger partial charge in [0.15, 0.2) is 0 Å². The molecule has 2 rings (SSSR count). The first-order chi connectivity index (χ1) is 11.6. The zero-order valence-corrected chi connectivity index (χ0v) is 15.3. The molecule has 1 aliphatic rings. The topological polar surface area (TPSA) is 44.8 Å². The summed E-state index contributed by atoms with van der Waals surface area (Å²) in [4.78, 5) is 12.3. The number of methoxy groups -OCH3 is 1. The van der Waals surface area contributed by atoms with E-state index in [1.54, 1.807) is 13.2 Å². The van der Waals surface area contributed by atoms with E-state index in [4.69, 9.17) is 25.8 Å². The highest BCUT2D eigenvalue weighted by atomic mass is 35.5. The lowest BCUT2D eigenvalue weighted by Crippen LogP contribution is -2.27. The zero-order valence-electron chi connectivity index (χ0n) is 14.5. The van der Waals surface area contributed by atoms with Crippen molar-refractivity contribution in [3.8, 4) is 0 Å². The number of carbonyl (C=O) groups excluding carboxylic acids is 1. The van der Waals surface area contributed by atoms with Crippen molar-refractivity contribution >= 4 is 17.6 Å². The molecular weight excluding hydrogens is 328 g/mol. The van der Waals surface area contributed by atoms with Gasteiger partial charge in [-0.2, -0.15) is 0 Å². The Balaban J connectivity index is 1.97. The Hall–Kier alpha value is -1.10. The summed E-state index contributed by atoms with van der Waals surface area (Å²) < 4.78 is 16.4. The largest absolute Gasteiger partial charge is 0.460 e. The van der Waals surface area contributed by atoms with Crippen LogP contribution in [0, 0.1) is 5.92 Å². The molecule has 0 amide bonds. The molecule has 0 spiro atoms. The normalized spacial score (nSPS) is 18.1. The van der Waals surface area contributed by atoms with Crippen molar-refractivity contribution in [3.05, 3.63) is 34.9 Å². The third-order valence-electron chi connectivity index (χ3n) is 4.50. The van der Waals surface area contributed by atoms with Crippen LogP contribution in [0.25, 0.3) is 0 Å². The van der Waals surface area contributed by atoms with E-state index in [0.717, 1.165) is 18.4 Å². The van der Waals surface area contributed by atoms with Crippen molar-refractivity contribution in [2.75, 3.05) is 13.9 Å². The van der Waals surface area contributed by atoms with Crippen LogP contribution in [-0.4, -0.2) is 26.0 Å². The fourth-order valence-electron chi connectivity index (χ4n) is 3.27. The molecule has 0 radical (unpaired) electrons. The Bertz CT molecular complexity index is 514. The molecule has 0 heterocycles. The number of benzene rings is 1. The quantitative estimate of drug-likeness (QED) is 0.491. The van der Waals surface area contributed by atoms with E-state index in [1.165, 1.54) is 19.3 Å². The van der Waals surface area contributed by atoms with Crippen molar-refractivity contribution in [1.82, 2.24) is 0 Å². The predicted molar refractivity (Wildman–Crippen MR) is 93.9 cm³/mol. The molecule has 1 fully saturated rings. The molecule has 1 saturated carbocycles. The molecule has 134 valence electrons. The Labute approximate surface area is 149 Å². The molecule has 1 aliphatic carbocycles. The Morgan fingerprint density at radius 1 is 1.25 bits per heavy atom. The first-order valence-electron chi connectivity index (χ1n) is 8.66. The molecule has 0 bridgehead atoms. The highest BCUT2D eigenvalue weighted by Crippen LogP contribution is 2.31. The third-order valence-corrected chi connectivity index (χ3v) is 4.85. The Kier molecular flexibility index (Phi) is 8.03. The SMILES string of the molecule is COCO[C@@H](c1ccccc1Cl)[C@H](C)OC(=O)CC1CCCCC1. The van der Waals surface area contributed by atoms with Crippen LogP contribution in [0.5, 0.6) is 0 Å². The van der Waals surface area contributed by atoms with Gasteiger partial charge in [-0.25, -0.2) is 0 Å². The molecule has 0 N–H and O–H groups in total. The minimum Gasteiger partial charge on any atom is -0.460 e. The van der Waals surface area contributed by atoms with E-state index >= 15 is 0 Å². The van der Waals surface area contributed by atoms with Gasteiger partial charge in [-0.05, 0) is 31.7 Å². The average Bonchev–Trinajstić information content (AvgIpc) is 2.57. The molecule has 1 aromatic carbocycles. The third kappa shape index (κ3) is 5.76. The Morgan fingerprint density at radius 3 is 2.62 bits per heavy atom. The van der Waals surface area contributed by atoms with Crippen LogP contribution in [0.2, 0.25) is 5.02 Å². The lowest BCUT2D eigenvalue weighted by Gasteiger charge is -2.26. The molecule has 24 heavy (non-hydrogen) atoms. The number of hydrogen-bond donors (Lipinski definition) is 0. The lowest BCUT2D eigenvalue weighted by molar-refractivity contribution is -0.165. The van der Waals surface area contributed by atoms with E-state index in [1.807, 2.05) is 25.1 Å². The van der Waals surface area contributed by atoms with E-state index in [9.17, 15) is 4.79 Å². The van der Waals surface area contributed by atoms with E-state index in [2.05, 4.69) is 0 Å². The monoisotopic (exact) mass is 354 g/mol. The first-order valence-corrected chi connectivity index (χ1v) is 9.04. The van der Waals surface area contributed by atoms with Gasteiger partial charge in [-0.1, -0.05) is 49.1 Å². The van der Waals surface area contributed by atoms with E-state index in [0.29, 0.717) is 17.4 Å². The molecule has 1 aromatic rings. The van der Waals surface area contributed by atoms with Gasteiger partial charge >= 0.3 is 5.97 Å². The fourth-order valence-corrected chi connectivity index (χ4v) is 3.51. The maximum atomic E-state index is 12.3. The molecular formula is C19H27ClO4. The zero-order chi connectivity index (χ0) is 17.4. The van der Waals surface area contributed by atoms with Gasteiger partial charge in [-0.3, -0.25) is 4.79 Å².